The van der Waals surface area contributed by atoms with Crippen LogP contribution < -0.4 is 0 Å². The van der Waals surface area contributed by atoms with Crippen LogP contribution in [0.15, 0.2) is 30.4 Å². The quantitative estimate of drug-likeness (QED) is 0.793. The molecule has 3 unspecified atom stereocenters. The third-order valence-corrected chi connectivity index (χ3v) is 7.93. The lowest BCUT2D eigenvalue weighted by atomic mass is 9.49. The van der Waals surface area contributed by atoms with Crippen molar-refractivity contribution in [2.75, 3.05) is 13.1 Å². The molecule has 25 heavy (non-hydrogen) atoms. The van der Waals surface area contributed by atoms with Gasteiger partial charge in [-0.25, -0.2) is 0 Å². The zero-order valence-electron chi connectivity index (χ0n) is 15.5. The van der Waals surface area contributed by atoms with Crippen LogP contribution in [0.2, 0.25) is 0 Å². The van der Waals surface area contributed by atoms with Gasteiger partial charge in [0.05, 0.1) is 0 Å². The van der Waals surface area contributed by atoms with Crippen LogP contribution in [0.4, 0.5) is 0 Å². The van der Waals surface area contributed by atoms with Crippen LogP contribution >= 0.6 is 0 Å². The van der Waals surface area contributed by atoms with Crippen molar-refractivity contribution < 1.29 is 5.11 Å². The van der Waals surface area contributed by atoms with Gasteiger partial charge in [-0.15, -0.1) is 0 Å². The van der Waals surface area contributed by atoms with E-state index in [4.69, 9.17) is 0 Å². The highest BCUT2D eigenvalue weighted by molar-refractivity contribution is 5.46. The Balaban J connectivity index is 1.59. The monoisotopic (exact) mass is 337 g/mol. The molecule has 4 atom stereocenters. The predicted octanol–water partition coefficient (Wildman–Crippen LogP) is 4.66. The molecule has 3 fully saturated rings. The maximum Gasteiger partial charge on any atom is 0.115 e. The van der Waals surface area contributed by atoms with Crippen molar-refractivity contribution in [2.24, 2.45) is 17.8 Å². The van der Waals surface area contributed by atoms with Crippen molar-refractivity contribution in [1.29, 1.82) is 0 Å². The van der Waals surface area contributed by atoms with Gasteiger partial charge in [-0.05, 0) is 86.1 Å². The Morgan fingerprint density at radius 1 is 1.28 bits per heavy atom. The van der Waals surface area contributed by atoms with Gasteiger partial charge in [-0.3, -0.25) is 4.90 Å². The fourth-order valence-electron chi connectivity index (χ4n) is 6.83. The molecule has 0 amide bonds. The van der Waals surface area contributed by atoms with E-state index in [9.17, 15) is 5.11 Å². The lowest BCUT2D eigenvalue weighted by Crippen LogP contribution is -2.63. The van der Waals surface area contributed by atoms with Crippen molar-refractivity contribution in [2.45, 2.75) is 63.3 Å². The van der Waals surface area contributed by atoms with E-state index in [1.54, 1.807) is 0 Å². The zero-order valence-corrected chi connectivity index (χ0v) is 15.5. The average molecular weight is 338 g/mol. The van der Waals surface area contributed by atoms with Crippen molar-refractivity contribution in [3.63, 3.8) is 0 Å². The Morgan fingerprint density at radius 3 is 2.88 bits per heavy atom. The molecule has 3 aliphatic carbocycles. The second-order valence-electron chi connectivity index (χ2n) is 9.44. The summed E-state index contributed by atoms with van der Waals surface area (Å²) in [5, 5.41) is 10.2. The van der Waals surface area contributed by atoms with Crippen LogP contribution in [0, 0.1) is 17.8 Å². The Bertz CT molecular complexity index is 706. The Morgan fingerprint density at radius 2 is 2.12 bits per heavy atom. The van der Waals surface area contributed by atoms with Crippen LogP contribution in [0.3, 0.4) is 0 Å². The van der Waals surface area contributed by atoms with E-state index < -0.39 is 0 Å². The largest absolute Gasteiger partial charge is 0.508 e. The standard InChI is InChI=1S/C23H31NO/c1-15-10-16(2)22-21-11-18-6-7-19(25)12-20(18)23(22,13-15)8-9-24(21)14-17-4-3-5-17/h6-7,12,16-17,21-22,25H,1,3-5,8-11,13-14H2,2H3/t16-,21?,22?,23?/m0/s1. The number of rotatable bonds is 2. The normalized spacial score (nSPS) is 38.0. The third kappa shape index (κ3) is 2.33. The predicted molar refractivity (Wildman–Crippen MR) is 102 cm³/mol. The van der Waals surface area contributed by atoms with Gasteiger partial charge >= 0.3 is 0 Å². The molecule has 4 aliphatic rings. The van der Waals surface area contributed by atoms with E-state index in [0.29, 0.717) is 17.7 Å². The Labute approximate surface area is 151 Å². The topological polar surface area (TPSA) is 23.5 Å². The fraction of sp³-hybridized carbons (Fsp3) is 0.652. The summed E-state index contributed by atoms with van der Waals surface area (Å²) in [4.78, 5) is 2.85. The highest BCUT2D eigenvalue weighted by Gasteiger charge is 2.56. The van der Waals surface area contributed by atoms with Crippen molar-refractivity contribution >= 4 is 0 Å². The number of nitrogens with zero attached hydrogens (tertiary/aromatic N) is 1. The summed E-state index contributed by atoms with van der Waals surface area (Å²) in [6, 6.07) is 6.87. The number of likely N-dealkylation sites (tertiary alicyclic amines) is 1. The average Bonchev–Trinajstić information content (AvgIpc) is 2.52. The van der Waals surface area contributed by atoms with Gasteiger partial charge in [0.1, 0.15) is 5.75 Å². The van der Waals surface area contributed by atoms with E-state index in [2.05, 4.69) is 30.5 Å². The molecule has 134 valence electrons. The van der Waals surface area contributed by atoms with E-state index >= 15 is 0 Å². The van der Waals surface area contributed by atoms with Crippen LogP contribution in [0.1, 0.15) is 56.6 Å². The summed E-state index contributed by atoms with van der Waals surface area (Å²) in [6.07, 6.45) is 9.05. The number of benzene rings is 1. The van der Waals surface area contributed by atoms with Crippen LogP contribution in [-0.4, -0.2) is 29.1 Å². The second kappa shape index (κ2) is 5.61. The molecule has 1 aliphatic heterocycles. The lowest BCUT2D eigenvalue weighted by Gasteiger charge is -2.62. The van der Waals surface area contributed by atoms with Crippen LogP contribution in [0.25, 0.3) is 0 Å². The van der Waals surface area contributed by atoms with Crippen molar-refractivity contribution in [1.82, 2.24) is 4.90 Å². The summed E-state index contributed by atoms with van der Waals surface area (Å²) < 4.78 is 0. The van der Waals surface area contributed by atoms with Gasteiger partial charge in [0.2, 0.25) is 0 Å². The molecule has 1 saturated heterocycles. The molecule has 1 aromatic carbocycles. The minimum atomic E-state index is 0.224. The van der Waals surface area contributed by atoms with Crippen molar-refractivity contribution in [3.8, 4) is 5.75 Å². The minimum Gasteiger partial charge on any atom is -0.508 e. The molecule has 2 bridgehead atoms. The number of phenolic OH excluding ortho intramolecular Hbond substituents is 1. The number of allylic oxidation sites excluding steroid dienone is 1. The van der Waals surface area contributed by atoms with Crippen LogP contribution in [-0.2, 0) is 11.8 Å². The maximum absolute atomic E-state index is 10.2. The highest BCUT2D eigenvalue weighted by Crippen LogP contribution is 2.59. The molecule has 2 saturated carbocycles. The van der Waals surface area contributed by atoms with E-state index in [-0.39, 0.29) is 5.41 Å². The summed E-state index contributed by atoms with van der Waals surface area (Å²) in [5.41, 5.74) is 4.58. The molecule has 2 heteroatoms. The first-order valence-electron chi connectivity index (χ1n) is 10.3. The molecular formula is C23H31NO. The molecule has 1 N–H and O–H groups in total. The molecule has 0 spiro atoms. The smallest absolute Gasteiger partial charge is 0.115 e. The van der Waals surface area contributed by atoms with Gasteiger partial charge in [-0.1, -0.05) is 31.6 Å². The summed E-state index contributed by atoms with van der Waals surface area (Å²) in [6.45, 7) is 9.41. The van der Waals surface area contributed by atoms with E-state index in [1.165, 1.54) is 68.3 Å². The van der Waals surface area contributed by atoms with Gasteiger partial charge in [0.25, 0.3) is 0 Å². The maximum atomic E-state index is 10.2. The first kappa shape index (κ1) is 15.9. The SMILES string of the molecule is C=C1C[C@H](C)C2C3Cc4ccc(O)cc4C2(CCN3CC2CCC2)C1. The van der Waals surface area contributed by atoms with Crippen LogP contribution in [0.5, 0.6) is 5.75 Å². The van der Waals surface area contributed by atoms with Gasteiger partial charge in [0.15, 0.2) is 0 Å². The molecule has 5 rings (SSSR count). The number of hydrogen-bond acceptors (Lipinski definition) is 2. The molecule has 0 radical (unpaired) electrons. The van der Waals surface area contributed by atoms with E-state index in [0.717, 1.165) is 18.3 Å². The Hall–Kier alpha value is -1.28. The highest BCUT2D eigenvalue weighted by atomic mass is 16.3. The lowest BCUT2D eigenvalue weighted by molar-refractivity contribution is -0.0376. The molecule has 0 aromatic heterocycles. The first-order valence-corrected chi connectivity index (χ1v) is 10.3. The van der Waals surface area contributed by atoms with Gasteiger partial charge < -0.3 is 5.11 Å². The summed E-state index contributed by atoms with van der Waals surface area (Å²) in [7, 11) is 0. The first-order chi connectivity index (χ1) is 12.1. The second-order valence-corrected chi connectivity index (χ2v) is 9.44. The molecule has 2 nitrogen and oxygen atoms in total. The van der Waals surface area contributed by atoms with Crippen molar-refractivity contribution in [3.05, 3.63) is 41.5 Å². The summed E-state index contributed by atoms with van der Waals surface area (Å²) >= 11 is 0. The van der Waals surface area contributed by atoms with Gasteiger partial charge in [0, 0.05) is 18.0 Å². The number of hydrogen-bond donors (Lipinski definition) is 1. The molecule has 1 aromatic rings. The number of fused-ring (bicyclic) bond motifs is 1. The Kier molecular flexibility index (Phi) is 3.57. The van der Waals surface area contributed by atoms with E-state index in [1.807, 2.05) is 6.07 Å². The molecular weight excluding hydrogens is 306 g/mol. The van der Waals surface area contributed by atoms with Gasteiger partial charge in [-0.2, -0.15) is 0 Å². The zero-order chi connectivity index (χ0) is 17.2. The molecule has 1 heterocycles. The summed E-state index contributed by atoms with van der Waals surface area (Å²) in [5.74, 6) is 2.81. The number of aromatic hydroxyl groups is 1. The fourth-order valence-corrected chi connectivity index (χ4v) is 6.83. The number of phenols is 1. The minimum absolute atomic E-state index is 0.224. The third-order valence-electron chi connectivity index (χ3n) is 7.93. The number of piperidine rings is 1.